The van der Waals surface area contributed by atoms with E-state index in [-0.39, 0.29) is 5.41 Å². The highest BCUT2D eigenvalue weighted by Crippen LogP contribution is 2.65. The minimum Gasteiger partial charge on any atom is -0.395 e. The van der Waals surface area contributed by atoms with Gasteiger partial charge in [0, 0.05) is 24.3 Å². The molecule has 0 radical (unpaired) electrons. The Hall–Kier alpha value is -1.69. The van der Waals surface area contributed by atoms with Crippen molar-refractivity contribution in [2.75, 3.05) is 6.61 Å². The maximum atomic E-state index is 12.6. The number of oxime groups is 1. The predicted octanol–water partition coefficient (Wildman–Crippen LogP) is 4.66. The molecule has 6 atom stereocenters. The molecule has 0 aromatic carbocycles. The van der Waals surface area contributed by atoms with Crippen molar-refractivity contribution >= 4 is 11.5 Å². The molecule has 31 heavy (non-hydrogen) atoms. The molecule has 0 amide bonds. The molecule has 4 aliphatic rings. The molecular formula is C25H37N3O3. The van der Waals surface area contributed by atoms with Crippen LogP contribution < -0.4 is 5.73 Å². The van der Waals surface area contributed by atoms with Crippen molar-refractivity contribution in [2.45, 2.75) is 84.6 Å². The summed E-state index contributed by atoms with van der Waals surface area (Å²) in [7, 11) is 0. The minimum atomic E-state index is -0.0196. The Labute approximate surface area is 185 Å². The summed E-state index contributed by atoms with van der Waals surface area (Å²) in [6.45, 7) is 5.71. The molecule has 6 heteroatoms. The molecule has 6 nitrogen and oxygen atoms in total. The molecule has 2 N–H and O–H groups in total. The summed E-state index contributed by atoms with van der Waals surface area (Å²) in [5, 5.41) is 8.52. The monoisotopic (exact) mass is 427 g/mol. The van der Waals surface area contributed by atoms with Gasteiger partial charge in [0.1, 0.15) is 12.4 Å². The van der Waals surface area contributed by atoms with E-state index < -0.39 is 0 Å². The first-order valence-electron chi connectivity index (χ1n) is 12.3. The SMILES string of the molecule is C[C@]12CC/C(=N/OCCc3cc(CN)on3)CC1CCC1C2CC[C@]2(C)C(=O)CCC12. The van der Waals surface area contributed by atoms with Gasteiger partial charge < -0.3 is 15.1 Å². The predicted molar refractivity (Wildman–Crippen MR) is 118 cm³/mol. The molecular weight excluding hydrogens is 390 g/mol. The van der Waals surface area contributed by atoms with Gasteiger partial charge in [-0.15, -0.1) is 0 Å². The summed E-state index contributed by atoms with van der Waals surface area (Å²) in [4.78, 5) is 18.3. The third-order valence-electron chi connectivity index (χ3n) is 9.66. The van der Waals surface area contributed by atoms with E-state index in [1.807, 2.05) is 6.07 Å². The summed E-state index contributed by atoms with van der Waals surface area (Å²) < 4.78 is 5.13. The Kier molecular flexibility index (Phi) is 5.48. The lowest BCUT2D eigenvalue weighted by Gasteiger charge is -2.59. The number of hydrogen-bond acceptors (Lipinski definition) is 6. The van der Waals surface area contributed by atoms with E-state index in [1.54, 1.807) is 0 Å². The van der Waals surface area contributed by atoms with E-state index in [2.05, 4.69) is 24.2 Å². The van der Waals surface area contributed by atoms with Crippen molar-refractivity contribution in [3.63, 3.8) is 0 Å². The largest absolute Gasteiger partial charge is 0.395 e. The Morgan fingerprint density at radius 1 is 1.19 bits per heavy atom. The fourth-order valence-corrected chi connectivity index (χ4v) is 7.77. The van der Waals surface area contributed by atoms with Crippen LogP contribution in [-0.2, 0) is 22.6 Å². The maximum absolute atomic E-state index is 12.6. The number of Topliss-reactive ketones (excluding diaryl/α,β-unsaturated/α-hetero) is 1. The Morgan fingerprint density at radius 3 is 2.87 bits per heavy atom. The van der Waals surface area contributed by atoms with Crippen molar-refractivity contribution in [2.24, 2.45) is 45.4 Å². The zero-order valence-electron chi connectivity index (χ0n) is 19.1. The number of hydrogen-bond donors (Lipinski definition) is 1. The Morgan fingerprint density at radius 2 is 2.06 bits per heavy atom. The van der Waals surface area contributed by atoms with Gasteiger partial charge in [0.05, 0.1) is 18.0 Å². The summed E-state index contributed by atoms with van der Waals surface area (Å²) in [5.41, 5.74) is 8.02. The molecule has 0 bridgehead atoms. The topological polar surface area (TPSA) is 90.7 Å². The zero-order valence-corrected chi connectivity index (χ0v) is 19.1. The number of ketones is 1. The highest BCUT2D eigenvalue weighted by atomic mass is 16.6. The average Bonchev–Trinajstić information content (AvgIpc) is 3.35. The maximum Gasteiger partial charge on any atom is 0.150 e. The third-order valence-corrected chi connectivity index (χ3v) is 9.66. The van der Waals surface area contributed by atoms with Crippen LogP contribution in [0.4, 0.5) is 0 Å². The van der Waals surface area contributed by atoms with Gasteiger partial charge in [0.15, 0.2) is 5.76 Å². The molecule has 0 spiro atoms. The molecule has 1 heterocycles. The minimum absolute atomic E-state index is 0.0196. The summed E-state index contributed by atoms with van der Waals surface area (Å²) in [5.74, 6) is 4.11. The second-order valence-corrected chi connectivity index (χ2v) is 11.0. The molecule has 0 saturated heterocycles. The van der Waals surface area contributed by atoms with Crippen molar-refractivity contribution in [3.05, 3.63) is 17.5 Å². The molecule has 0 aliphatic heterocycles. The van der Waals surface area contributed by atoms with Gasteiger partial charge in [-0.1, -0.05) is 24.2 Å². The molecule has 1 aromatic heterocycles. The second kappa shape index (κ2) is 8.02. The fourth-order valence-electron chi connectivity index (χ4n) is 7.77. The van der Waals surface area contributed by atoms with Crippen molar-refractivity contribution in [1.82, 2.24) is 5.16 Å². The van der Waals surface area contributed by atoms with Crippen LogP contribution in [0.2, 0.25) is 0 Å². The van der Waals surface area contributed by atoms with E-state index in [9.17, 15) is 4.79 Å². The number of nitrogens with zero attached hydrogens (tertiary/aromatic N) is 2. The van der Waals surface area contributed by atoms with Crippen LogP contribution in [0.5, 0.6) is 0 Å². The van der Waals surface area contributed by atoms with Gasteiger partial charge in [-0.25, -0.2) is 0 Å². The Balaban J connectivity index is 1.19. The lowest BCUT2D eigenvalue weighted by atomic mass is 9.45. The number of fused-ring (bicyclic) bond motifs is 5. The van der Waals surface area contributed by atoms with Gasteiger partial charge in [0.25, 0.3) is 0 Å². The number of rotatable bonds is 5. The first-order chi connectivity index (χ1) is 14.9. The quantitative estimate of drug-likeness (QED) is 0.545. The van der Waals surface area contributed by atoms with Crippen molar-refractivity contribution in [1.29, 1.82) is 0 Å². The third kappa shape index (κ3) is 3.55. The van der Waals surface area contributed by atoms with Gasteiger partial charge in [-0.3, -0.25) is 4.79 Å². The van der Waals surface area contributed by atoms with Crippen LogP contribution in [0.1, 0.15) is 83.1 Å². The summed E-state index contributed by atoms with van der Waals surface area (Å²) >= 11 is 0. The Bertz CT molecular complexity index is 864. The molecule has 4 unspecified atom stereocenters. The van der Waals surface area contributed by atoms with Crippen LogP contribution in [0.15, 0.2) is 15.7 Å². The molecule has 4 fully saturated rings. The number of aromatic nitrogens is 1. The second-order valence-electron chi connectivity index (χ2n) is 11.0. The van der Waals surface area contributed by atoms with Crippen LogP contribution in [0.25, 0.3) is 0 Å². The number of carbonyl (C=O) groups excluding carboxylic acids is 1. The molecule has 4 saturated carbocycles. The van der Waals surface area contributed by atoms with E-state index >= 15 is 0 Å². The van der Waals surface area contributed by atoms with E-state index in [4.69, 9.17) is 15.1 Å². The molecule has 4 aliphatic carbocycles. The smallest absolute Gasteiger partial charge is 0.150 e. The lowest BCUT2D eigenvalue weighted by molar-refractivity contribution is -0.137. The number of carbonyl (C=O) groups is 1. The number of nitrogens with two attached hydrogens (primary N) is 1. The van der Waals surface area contributed by atoms with Gasteiger partial charge in [-0.05, 0) is 80.5 Å². The normalized spacial score (nSPS) is 41.0. The standard InChI is InChI=1S/C25H37N3O3/c1-24-10-7-17(27-30-12-9-18-14-19(15-26)31-28-18)13-16(24)3-4-20-21-5-6-23(29)25(21,2)11-8-22(20)24/h14,16,20-22H,3-13,15,26H2,1-2H3/b27-17-/t16?,20?,21?,22?,24-,25-/m0/s1. The molecule has 5 rings (SSSR count). The van der Waals surface area contributed by atoms with Crippen LogP contribution in [-0.4, -0.2) is 23.3 Å². The average molecular weight is 428 g/mol. The van der Waals surface area contributed by atoms with E-state index in [0.717, 1.165) is 49.6 Å². The van der Waals surface area contributed by atoms with Gasteiger partial charge in [0.2, 0.25) is 0 Å². The first kappa shape index (κ1) is 21.2. The van der Waals surface area contributed by atoms with Gasteiger partial charge >= 0.3 is 0 Å². The fraction of sp³-hybridized carbons (Fsp3) is 0.800. The molecule has 1 aromatic rings. The van der Waals surface area contributed by atoms with Crippen molar-refractivity contribution in [3.8, 4) is 0 Å². The van der Waals surface area contributed by atoms with E-state index in [0.29, 0.717) is 48.4 Å². The van der Waals surface area contributed by atoms with Crippen LogP contribution in [0, 0.1) is 34.5 Å². The lowest BCUT2D eigenvalue weighted by Crippen LogP contribution is -2.53. The van der Waals surface area contributed by atoms with Gasteiger partial charge in [-0.2, -0.15) is 0 Å². The van der Waals surface area contributed by atoms with Crippen LogP contribution in [0.3, 0.4) is 0 Å². The highest BCUT2D eigenvalue weighted by Gasteiger charge is 2.60. The van der Waals surface area contributed by atoms with Crippen LogP contribution >= 0.6 is 0 Å². The van der Waals surface area contributed by atoms with E-state index in [1.165, 1.54) is 31.4 Å². The first-order valence-corrected chi connectivity index (χ1v) is 12.3. The summed E-state index contributed by atoms with van der Waals surface area (Å²) in [6.07, 6.45) is 10.9. The molecule has 170 valence electrons. The zero-order chi connectivity index (χ0) is 21.6. The highest BCUT2D eigenvalue weighted by molar-refractivity contribution is 5.87. The van der Waals surface area contributed by atoms with Crippen molar-refractivity contribution < 1.29 is 14.2 Å². The summed E-state index contributed by atoms with van der Waals surface area (Å²) in [6, 6.07) is 1.88.